The van der Waals surface area contributed by atoms with Gasteiger partial charge in [-0.15, -0.1) is 11.6 Å². The molecule has 0 aliphatic heterocycles. The quantitative estimate of drug-likeness (QED) is 0.357. The zero-order valence-corrected chi connectivity index (χ0v) is 9.14. The Morgan fingerprint density at radius 1 is 0.727 bits per heavy atom. The number of alkyl halides is 1. The van der Waals surface area contributed by atoms with Crippen molar-refractivity contribution in [1.29, 1.82) is 0 Å². The Hall–Kier alpha value is 0.432. The standard InChI is InChI=1S/C8H12.CH3Cl.Pd/c1-2-4-6-8-7-5-3-1;1-2;/h1-2,7-8H,3-6H2;1H3;/q;;+2/b2-1-,8-7-;;. The van der Waals surface area contributed by atoms with Gasteiger partial charge in [-0.2, -0.15) is 0 Å². The van der Waals surface area contributed by atoms with Crippen LogP contribution in [0.4, 0.5) is 0 Å². The van der Waals surface area contributed by atoms with Crippen LogP contribution in [0.3, 0.4) is 0 Å². The van der Waals surface area contributed by atoms with Gasteiger partial charge in [0.25, 0.3) is 0 Å². The van der Waals surface area contributed by atoms with Crippen LogP contribution >= 0.6 is 11.6 Å². The number of hydrogen-bond donors (Lipinski definition) is 0. The first-order chi connectivity index (χ1) is 5.00. The Labute approximate surface area is 88.4 Å². The van der Waals surface area contributed by atoms with Crippen molar-refractivity contribution in [3.63, 3.8) is 0 Å². The molecule has 0 aromatic carbocycles. The molecule has 0 bridgehead atoms. The Kier molecular flexibility index (Phi) is 16.6. The average Bonchev–Trinajstić information content (AvgIpc) is 1.90. The van der Waals surface area contributed by atoms with Gasteiger partial charge in [-0.3, -0.25) is 0 Å². The van der Waals surface area contributed by atoms with E-state index >= 15 is 0 Å². The number of allylic oxidation sites excluding steroid dienone is 4. The maximum Gasteiger partial charge on any atom is 2.00 e. The second-order valence-corrected chi connectivity index (χ2v) is 2.10. The molecule has 0 saturated heterocycles. The topological polar surface area (TPSA) is 0 Å². The molecule has 0 spiro atoms. The van der Waals surface area contributed by atoms with Crippen LogP contribution in [0, 0.1) is 0 Å². The molecule has 0 fully saturated rings. The van der Waals surface area contributed by atoms with Crippen molar-refractivity contribution in [2.45, 2.75) is 25.7 Å². The Morgan fingerprint density at radius 3 is 1.09 bits per heavy atom. The minimum atomic E-state index is 0. The molecule has 1 rings (SSSR count). The second-order valence-electron chi connectivity index (χ2n) is 2.10. The fourth-order valence-corrected chi connectivity index (χ4v) is 0.856. The smallest absolute Gasteiger partial charge is 0.130 e. The molecule has 0 heterocycles. The van der Waals surface area contributed by atoms with E-state index in [1.54, 1.807) is 0 Å². The number of halogens is 1. The average molecular weight is 265 g/mol. The van der Waals surface area contributed by atoms with Crippen molar-refractivity contribution in [1.82, 2.24) is 0 Å². The molecule has 2 heteroatoms. The van der Waals surface area contributed by atoms with Gasteiger partial charge in [0.1, 0.15) is 0 Å². The molecule has 0 aromatic heterocycles. The van der Waals surface area contributed by atoms with Crippen LogP contribution in [0.2, 0.25) is 0 Å². The SMILES string of the molecule is C1=C\CC/C=C\CC/1.CCl.[Pd+2]. The van der Waals surface area contributed by atoms with E-state index in [-0.39, 0.29) is 20.4 Å². The number of rotatable bonds is 0. The van der Waals surface area contributed by atoms with Crippen LogP contribution < -0.4 is 0 Å². The first-order valence-electron chi connectivity index (χ1n) is 3.68. The molecule has 0 atom stereocenters. The Morgan fingerprint density at radius 2 is 0.909 bits per heavy atom. The molecule has 11 heavy (non-hydrogen) atoms. The van der Waals surface area contributed by atoms with Crippen LogP contribution in [-0.4, -0.2) is 6.38 Å². The summed E-state index contributed by atoms with van der Waals surface area (Å²) in [5, 5.41) is 0. The summed E-state index contributed by atoms with van der Waals surface area (Å²) in [6.07, 6.45) is 15.5. The van der Waals surface area contributed by atoms with Crippen LogP contribution in [0.15, 0.2) is 24.3 Å². The molecule has 0 radical (unpaired) electrons. The molecule has 0 unspecified atom stereocenters. The molecule has 0 nitrogen and oxygen atoms in total. The monoisotopic (exact) mass is 264 g/mol. The zero-order valence-electron chi connectivity index (χ0n) is 6.83. The minimum Gasteiger partial charge on any atom is -0.130 e. The van der Waals surface area contributed by atoms with Crippen molar-refractivity contribution >= 4 is 11.6 Å². The van der Waals surface area contributed by atoms with Gasteiger partial charge in [-0.25, -0.2) is 0 Å². The van der Waals surface area contributed by atoms with Gasteiger partial charge in [0.05, 0.1) is 0 Å². The van der Waals surface area contributed by atoms with E-state index in [0.717, 1.165) is 0 Å². The Balaban J connectivity index is 0. The van der Waals surface area contributed by atoms with Gasteiger partial charge < -0.3 is 0 Å². The summed E-state index contributed by atoms with van der Waals surface area (Å²) in [5.74, 6) is 0. The molecule has 0 saturated carbocycles. The van der Waals surface area contributed by atoms with Crippen molar-refractivity contribution in [2.75, 3.05) is 6.38 Å². The van der Waals surface area contributed by atoms with Crippen molar-refractivity contribution in [3.05, 3.63) is 24.3 Å². The summed E-state index contributed by atoms with van der Waals surface area (Å²) in [4.78, 5) is 0. The maximum atomic E-state index is 4.64. The first kappa shape index (κ1) is 14.0. The van der Waals surface area contributed by atoms with E-state index in [4.69, 9.17) is 0 Å². The van der Waals surface area contributed by atoms with Gasteiger partial charge in [-0.05, 0) is 25.7 Å². The summed E-state index contributed by atoms with van der Waals surface area (Å²) in [6, 6.07) is 0. The summed E-state index contributed by atoms with van der Waals surface area (Å²) in [5.41, 5.74) is 0. The first-order valence-corrected chi connectivity index (χ1v) is 4.43. The molecule has 1 aliphatic carbocycles. The van der Waals surface area contributed by atoms with E-state index in [0.29, 0.717) is 0 Å². The second kappa shape index (κ2) is 13.1. The van der Waals surface area contributed by atoms with E-state index < -0.39 is 0 Å². The normalized spacial score (nSPS) is 20.9. The van der Waals surface area contributed by atoms with Crippen molar-refractivity contribution in [2.24, 2.45) is 0 Å². The molecule has 66 valence electrons. The van der Waals surface area contributed by atoms with Gasteiger partial charge in [-0.1, -0.05) is 24.3 Å². The van der Waals surface area contributed by atoms with E-state index in [1.165, 1.54) is 32.1 Å². The van der Waals surface area contributed by atoms with Crippen LogP contribution in [0.1, 0.15) is 25.7 Å². The van der Waals surface area contributed by atoms with Crippen LogP contribution in [0.25, 0.3) is 0 Å². The van der Waals surface area contributed by atoms with E-state index in [2.05, 4.69) is 35.9 Å². The number of hydrogen-bond acceptors (Lipinski definition) is 0. The van der Waals surface area contributed by atoms with Crippen LogP contribution in [0.5, 0.6) is 0 Å². The summed E-state index contributed by atoms with van der Waals surface area (Å²) < 4.78 is 0. The van der Waals surface area contributed by atoms with Gasteiger partial charge in [0.15, 0.2) is 0 Å². The molecule has 0 amide bonds. The third kappa shape index (κ3) is 10.4. The fourth-order valence-electron chi connectivity index (χ4n) is 0.856. The predicted molar refractivity (Wildman–Crippen MR) is 48.5 cm³/mol. The van der Waals surface area contributed by atoms with Gasteiger partial charge in [0, 0.05) is 6.38 Å². The maximum absolute atomic E-state index is 4.64. The van der Waals surface area contributed by atoms with Gasteiger partial charge in [0.2, 0.25) is 0 Å². The summed E-state index contributed by atoms with van der Waals surface area (Å²) in [6.45, 7) is 0. The fraction of sp³-hybridized carbons (Fsp3) is 0.556. The van der Waals surface area contributed by atoms with Crippen LogP contribution in [-0.2, 0) is 20.4 Å². The summed E-state index contributed by atoms with van der Waals surface area (Å²) >= 11 is 4.64. The molecule has 0 N–H and O–H groups in total. The zero-order chi connectivity index (χ0) is 7.66. The predicted octanol–water partition coefficient (Wildman–Crippen LogP) is 3.53. The molecular weight excluding hydrogens is 250 g/mol. The molecule has 1 aliphatic rings. The van der Waals surface area contributed by atoms with E-state index in [1.807, 2.05) is 0 Å². The molecule has 0 aromatic rings. The van der Waals surface area contributed by atoms with Gasteiger partial charge >= 0.3 is 20.4 Å². The minimum absolute atomic E-state index is 0. The molecular formula is C9H15ClPd+2. The van der Waals surface area contributed by atoms with Crippen molar-refractivity contribution < 1.29 is 20.4 Å². The Bertz CT molecular complexity index is 82.1. The van der Waals surface area contributed by atoms with E-state index in [9.17, 15) is 0 Å². The van der Waals surface area contributed by atoms with Crippen molar-refractivity contribution in [3.8, 4) is 0 Å². The third-order valence-corrected chi connectivity index (χ3v) is 1.33. The summed E-state index contributed by atoms with van der Waals surface area (Å²) in [7, 11) is 0. The largest absolute Gasteiger partial charge is 2.00 e. The third-order valence-electron chi connectivity index (χ3n) is 1.33.